The minimum absolute atomic E-state index is 0.129. The molecule has 1 amide bonds. The Morgan fingerprint density at radius 2 is 2.22 bits per heavy atom. The molecule has 1 aromatic rings. The van der Waals surface area contributed by atoms with E-state index in [1.165, 1.54) is 0 Å². The molecule has 0 radical (unpaired) electrons. The molecule has 1 atom stereocenters. The van der Waals surface area contributed by atoms with Crippen molar-refractivity contribution in [3.8, 4) is 0 Å². The Morgan fingerprint density at radius 1 is 1.44 bits per heavy atom. The molecule has 1 aromatic carbocycles. The molecule has 5 nitrogen and oxygen atoms in total. The van der Waals surface area contributed by atoms with Gasteiger partial charge in [-0.25, -0.2) is 4.79 Å². The first kappa shape index (κ1) is 12.6. The maximum Gasteiger partial charge on any atom is 0.338 e. The quantitative estimate of drug-likeness (QED) is 0.856. The molecule has 1 aliphatic heterocycles. The van der Waals surface area contributed by atoms with E-state index in [1.807, 2.05) is 0 Å². The first-order valence-electron chi connectivity index (χ1n) is 5.85. The second-order valence-electron chi connectivity index (χ2n) is 4.29. The van der Waals surface area contributed by atoms with Gasteiger partial charge in [-0.05, 0) is 31.4 Å². The van der Waals surface area contributed by atoms with E-state index in [-0.39, 0.29) is 11.5 Å². The van der Waals surface area contributed by atoms with Crippen LogP contribution in [0.4, 0.5) is 5.69 Å². The van der Waals surface area contributed by atoms with Crippen LogP contribution in [-0.2, 0) is 9.53 Å². The molecule has 96 valence electrons. The Kier molecular flexibility index (Phi) is 3.62. The van der Waals surface area contributed by atoms with Gasteiger partial charge in [-0.2, -0.15) is 0 Å². The highest BCUT2D eigenvalue weighted by atomic mass is 16.5. The second kappa shape index (κ2) is 5.18. The molecule has 2 N–H and O–H groups in total. The molecule has 2 rings (SSSR count). The third-order valence-electron chi connectivity index (χ3n) is 2.97. The van der Waals surface area contributed by atoms with E-state index in [1.54, 1.807) is 25.1 Å². The number of amides is 1. The largest absolute Gasteiger partial charge is 0.478 e. The summed E-state index contributed by atoms with van der Waals surface area (Å²) in [5.74, 6) is -1.32. The number of aromatic carboxylic acids is 1. The zero-order valence-corrected chi connectivity index (χ0v) is 10.1. The van der Waals surface area contributed by atoms with Crippen LogP contribution < -0.4 is 5.32 Å². The predicted octanol–water partition coefficient (Wildman–Crippen LogP) is 1.81. The summed E-state index contributed by atoms with van der Waals surface area (Å²) >= 11 is 0. The van der Waals surface area contributed by atoms with Crippen molar-refractivity contribution < 1.29 is 19.4 Å². The number of carboxylic acids is 1. The van der Waals surface area contributed by atoms with Crippen LogP contribution in [0.25, 0.3) is 0 Å². The van der Waals surface area contributed by atoms with E-state index in [9.17, 15) is 9.59 Å². The van der Waals surface area contributed by atoms with E-state index in [2.05, 4.69) is 5.32 Å². The van der Waals surface area contributed by atoms with E-state index in [0.717, 1.165) is 6.42 Å². The summed E-state index contributed by atoms with van der Waals surface area (Å²) < 4.78 is 5.26. The summed E-state index contributed by atoms with van der Waals surface area (Å²) in [7, 11) is 0. The number of hydrogen-bond donors (Lipinski definition) is 2. The number of benzene rings is 1. The Balaban J connectivity index is 2.20. The van der Waals surface area contributed by atoms with Crippen molar-refractivity contribution in [1.82, 2.24) is 0 Å². The Morgan fingerprint density at radius 3 is 2.83 bits per heavy atom. The van der Waals surface area contributed by atoms with Crippen LogP contribution in [0.3, 0.4) is 0 Å². The summed E-state index contributed by atoms with van der Waals surface area (Å²) in [5.41, 5.74) is 1.07. The maximum atomic E-state index is 11.9. The molecule has 0 bridgehead atoms. The van der Waals surface area contributed by atoms with Gasteiger partial charge in [-0.15, -0.1) is 0 Å². The molecule has 1 aliphatic rings. The zero-order chi connectivity index (χ0) is 13.1. The third-order valence-corrected chi connectivity index (χ3v) is 2.97. The van der Waals surface area contributed by atoms with Crippen LogP contribution in [-0.4, -0.2) is 29.7 Å². The van der Waals surface area contributed by atoms with Crippen molar-refractivity contribution in [3.05, 3.63) is 29.3 Å². The summed E-state index contributed by atoms with van der Waals surface area (Å²) in [5, 5.41) is 11.8. The van der Waals surface area contributed by atoms with Gasteiger partial charge in [-0.1, -0.05) is 12.1 Å². The Labute approximate surface area is 105 Å². The van der Waals surface area contributed by atoms with Crippen LogP contribution in [0.2, 0.25) is 0 Å². The first-order valence-corrected chi connectivity index (χ1v) is 5.85. The molecule has 1 fully saturated rings. The van der Waals surface area contributed by atoms with Gasteiger partial charge in [0.15, 0.2) is 0 Å². The smallest absolute Gasteiger partial charge is 0.338 e. The normalized spacial score (nSPS) is 18.6. The minimum atomic E-state index is -1.05. The number of aryl methyl sites for hydroxylation is 1. The fourth-order valence-corrected chi connectivity index (χ4v) is 2.05. The average molecular weight is 249 g/mol. The van der Waals surface area contributed by atoms with Crippen LogP contribution in [0.5, 0.6) is 0 Å². The van der Waals surface area contributed by atoms with Crippen molar-refractivity contribution in [2.75, 3.05) is 11.9 Å². The number of carbonyl (C=O) groups is 2. The van der Waals surface area contributed by atoms with E-state index < -0.39 is 12.1 Å². The van der Waals surface area contributed by atoms with Crippen molar-refractivity contribution in [1.29, 1.82) is 0 Å². The highest BCUT2D eigenvalue weighted by molar-refractivity contribution is 6.02. The molecular weight excluding hydrogens is 234 g/mol. The predicted molar refractivity (Wildman–Crippen MR) is 65.7 cm³/mol. The summed E-state index contributed by atoms with van der Waals surface area (Å²) in [6.07, 6.45) is 1.07. The molecular formula is C13H15NO4. The van der Waals surface area contributed by atoms with Gasteiger partial charge in [0.1, 0.15) is 6.10 Å². The highest BCUT2D eigenvalue weighted by Gasteiger charge is 2.25. The lowest BCUT2D eigenvalue weighted by Gasteiger charge is -2.13. The van der Waals surface area contributed by atoms with Gasteiger partial charge in [0.2, 0.25) is 0 Å². The van der Waals surface area contributed by atoms with Gasteiger partial charge in [0, 0.05) is 6.61 Å². The van der Waals surface area contributed by atoms with Gasteiger partial charge in [-0.3, -0.25) is 4.79 Å². The lowest BCUT2D eigenvalue weighted by Crippen LogP contribution is -2.27. The zero-order valence-electron chi connectivity index (χ0n) is 10.1. The van der Waals surface area contributed by atoms with Crippen molar-refractivity contribution in [2.45, 2.75) is 25.9 Å². The van der Waals surface area contributed by atoms with Crippen molar-refractivity contribution >= 4 is 17.6 Å². The fourth-order valence-electron chi connectivity index (χ4n) is 2.05. The lowest BCUT2D eigenvalue weighted by molar-refractivity contribution is -0.124. The lowest BCUT2D eigenvalue weighted by atomic mass is 10.1. The van der Waals surface area contributed by atoms with Gasteiger partial charge < -0.3 is 15.2 Å². The Hall–Kier alpha value is -1.88. The number of nitrogens with one attached hydrogen (secondary N) is 1. The molecule has 1 saturated heterocycles. The molecule has 5 heteroatoms. The van der Waals surface area contributed by atoms with Gasteiger partial charge in [0.05, 0.1) is 11.3 Å². The summed E-state index contributed by atoms with van der Waals surface area (Å²) in [6.45, 7) is 2.28. The summed E-state index contributed by atoms with van der Waals surface area (Å²) in [6, 6.07) is 5.00. The monoisotopic (exact) mass is 249 g/mol. The molecule has 0 aromatic heterocycles. The minimum Gasteiger partial charge on any atom is -0.478 e. The number of carboxylic acid groups (broad SMARTS) is 1. The first-order chi connectivity index (χ1) is 8.59. The van der Waals surface area contributed by atoms with Crippen molar-refractivity contribution in [3.63, 3.8) is 0 Å². The molecule has 18 heavy (non-hydrogen) atoms. The molecule has 1 heterocycles. The molecule has 1 unspecified atom stereocenters. The van der Waals surface area contributed by atoms with E-state index in [0.29, 0.717) is 24.3 Å². The van der Waals surface area contributed by atoms with Crippen molar-refractivity contribution in [2.24, 2.45) is 0 Å². The topological polar surface area (TPSA) is 75.6 Å². The fraction of sp³-hybridized carbons (Fsp3) is 0.385. The number of anilines is 1. The van der Waals surface area contributed by atoms with Gasteiger partial charge in [0.25, 0.3) is 5.91 Å². The van der Waals surface area contributed by atoms with Crippen LogP contribution in [0, 0.1) is 6.92 Å². The van der Waals surface area contributed by atoms with Crippen LogP contribution in [0.15, 0.2) is 18.2 Å². The Bertz CT molecular complexity index is 478. The summed E-state index contributed by atoms with van der Waals surface area (Å²) in [4.78, 5) is 23.0. The molecule has 0 aliphatic carbocycles. The van der Waals surface area contributed by atoms with Crippen LogP contribution >= 0.6 is 0 Å². The number of ether oxygens (including phenoxy) is 1. The highest BCUT2D eigenvalue weighted by Crippen LogP contribution is 2.21. The molecule has 0 saturated carbocycles. The second-order valence-corrected chi connectivity index (χ2v) is 4.29. The molecule has 0 spiro atoms. The third kappa shape index (κ3) is 2.51. The van der Waals surface area contributed by atoms with Gasteiger partial charge >= 0.3 is 5.97 Å². The SMILES string of the molecule is Cc1cccc(NC(=O)C2CCCO2)c1C(=O)O. The number of rotatable bonds is 3. The maximum absolute atomic E-state index is 11.9. The van der Waals surface area contributed by atoms with E-state index >= 15 is 0 Å². The van der Waals surface area contributed by atoms with E-state index in [4.69, 9.17) is 9.84 Å². The average Bonchev–Trinajstić information content (AvgIpc) is 2.81. The number of hydrogen-bond acceptors (Lipinski definition) is 3. The number of carbonyl (C=O) groups excluding carboxylic acids is 1. The standard InChI is InChI=1S/C13H15NO4/c1-8-4-2-5-9(11(8)13(16)17)14-12(15)10-6-3-7-18-10/h2,4-5,10H,3,6-7H2,1H3,(H,14,15)(H,16,17). The van der Waals surface area contributed by atoms with Crippen LogP contribution in [0.1, 0.15) is 28.8 Å².